The summed E-state index contributed by atoms with van der Waals surface area (Å²) in [5, 5.41) is 0. The van der Waals surface area contributed by atoms with E-state index in [0.717, 1.165) is 18.4 Å². The third-order valence-electron chi connectivity index (χ3n) is 4.17. The molecular formula is C15H22F2N2. The van der Waals surface area contributed by atoms with Crippen molar-refractivity contribution in [2.24, 2.45) is 23.6 Å². The summed E-state index contributed by atoms with van der Waals surface area (Å²) in [4.78, 5) is 0. The Kier molecular flexibility index (Phi) is 4.53. The molecule has 3 atom stereocenters. The average molecular weight is 268 g/mol. The Bertz CT molecular complexity index is 426. The second kappa shape index (κ2) is 5.97. The number of halogens is 2. The van der Waals surface area contributed by atoms with Crippen molar-refractivity contribution in [2.75, 3.05) is 0 Å². The van der Waals surface area contributed by atoms with Gasteiger partial charge in [0, 0.05) is 6.04 Å². The Morgan fingerprint density at radius 3 is 2.26 bits per heavy atom. The van der Waals surface area contributed by atoms with Crippen LogP contribution in [0.15, 0.2) is 18.2 Å². The van der Waals surface area contributed by atoms with Gasteiger partial charge in [0.15, 0.2) is 11.6 Å². The minimum atomic E-state index is -0.815. The number of nitrogens with one attached hydrogen (secondary N) is 1. The molecule has 0 saturated heterocycles. The molecule has 19 heavy (non-hydrogen) atoms. The van der Waals surface area contributed by atoms with Gasteiger partial charge in [0.05, 0.1) is 0 Å². The lowest BCUT2D eigenvalue weighted by molar-refractivity contribution is 0.176. The van der Waals surface area contributed by atoms with E-state index >= 15 is 0 Å². The molecule has 1 aromatic carbocycles. The molecule has 1 aromatic rings. The molecular weight excluding hydrogens is 246 g/mol. The first kappa shape index (κ1) is 14.4. The monoisotopic (exact) mass is 268 g/mol. The zero-order valence-corrected chi connectivity index (χ0v) is 11.5. The molecule has 1 fully saturated rings. The lowest BCUT2D eigenvalue weighted by atomic mass is 9.72. The number of hydrazine groups is 1. The largest absolute Gasteiger partial charge is 0.271 e. The summed E-state index contributed by atoms with van der Waals surface area (Å²) in [6.07, 6.45) is 3.36. The van der Waals surface area contributed by atoms with Gasteiger partial charge in [-0.3, -0.25) is 11.3 Å². The fourth-order valence-electron chi connectivity index (χ4n) is 3.49. The Hall–Kier alpha value is -1.00. The van der Waals surface area contributed by atoms with Crippen LogP contribution in [0.4, 0.5) is 8.78 Å². The highest BCUT2D eigenvalue weighted by molar-refractivity contribution is 5.22. The highest BCUT2D eigenvalue weighted by Crippen LogP contribution is 2.39. The van der Waals surface area contributed by atoms with Crippen LogP contribution in [0.3, 0.4) is 0 Å². The maximum absolute atomic E-state index is 13.4. The van der Waals surface area contributed by atoms with E-state index in [9.17, 15) is 8.78 Å². The molecule has 0 heterocycles. The molecule has 1 aliphatic carbocycles. The smallest absolute Gasteiger partial charge is 0.159 e. The van der Waals surface area contributed by atoms with Crippen LogP contribution in [0, 0.1) is 29.4 Å². The zero-order valence-electron chi connectivity index (χ0n) is 11.5. The standard InChI is InChI=1S/C15H22F2N2/c1-9-5-10(2)7-12(6-9)15(19-18)11-3-4-13(16)14(17)8-11/h3-4,8-10,12,15,19H,5-7,18H2,1-2H3. The molecule has 3 unspecified atom stereocenters. The fourth-order valence-corrected chi connectivity index (χ4v) is 3.49. The predicted octanol–water partition coefficient (Wildman–Crippen LogP) is 3.54. The maximum Gasteiger partial charge on any atom is 0.159 e. The second-order valence-electron chi connectivity index (χ2n) is 6.00. The van der Waals surface area contributed by atoms with Gasteiger partial charge in [-0.15, -0.1) is 0 Å². The van der Waals surface area contributed by atoms with Gasteiger partial charge in [-0.1, -0.05) is 19.9 Å². The summed E-state index contributed by atoms with van der Waals surface area (Å²) in [6, 6.07) is 3.93. The SMILES string of the molecule is CC1CC(C)CC(C(NN)c2ccc(F)c(F)c2)C1. The molecule has 1 saturated carbocycles. The Morgan fingerprint density at radius 2 is 1.74 bits per heavy atom. The summed E-state index contributed by atoms with van der Waals surface area (Å²) in [5.74, 6) is 5.69. The third kappa shape index (κ3) is 3.31. The molecule has 0 amide bonds. The second-order valence-corrected chi connectivity index (χ2v) is 6.00. The fraction of sp³-hybridized carbons (Fsp3) is 0.600. The lowest BCUT2D eigenvalue weighted by Crippen LogP contribution is -2.37. The van der Waals surface area contributed by atoms with Gasteiger partial charge in [0.25, 0.3) is 0 Å². The van der Waals surface area contributed by atoms with Gasteiger partial charge < -0.3 is 0 Å². The van der Waals surface area contributed by atoms with Crippen LogP contribution < -0.4 is 11.3 Å². The van der Waals surface area contributed by atoms with Crippen molar-refractivity contribution in [2.45, 2.75) is 39.2 Å². The zero-order chi connectivity index (χ0) is 14.0. The average Bonchev–Trinajstić information content (AvgIpc) is 2.33. The van der Waals surface area contributed by atoms with Crippen molar-refractivity contribution >= 4 is 0 Å². The molecule has 4 heteroatoms. The van der Waals surface area contributed by atoms with E-state index in [2.05, 4.69) is 19.3 Å². The quantitative estimate of drug-likeness (QED) is 0.650. The van der Waals surface area contributed by atoms with Crippen molar-refractivity contribution in [3.63, 3.8) is 0 Å². The molecule has 0 bridgehead atoms. The summed E-state index contributed by atoms with van der Waals surface area (Å²) in [7, 11) is 0. The number of hydrogen-bond acceptors (Lipinski definition) is 2. The molecule has 0 aromatic heterocycles. The molecule has 1 aliphatic rings. The molecule has 2 rings (SSSR count). The number of benzene rings is 1. The third-order valence-corrected chi connectivity index (χ3v) is 4.17. The number of hydrogen-bond donors (Lipinski definition) is 2. The van der Waals surface area contributed by atoms with Crippen molar-refractivity contribution in [1.82, 2.24) is 5.43 Å². The molecule has 2 nitrogen and oxygen atoms in total. The Labute approximate surface area is 113 Å². The number of nitrogens with two attached hydrogens (primary N) is 1. The molecule has 106 valence electrons. The highest BCUT2D eigenvalue weighted by Gasteiger charge is 2.30. The van der Waals surface area contributed by atoms with E-state index < -0.39 is 11.6 Å². The normalized spacial score (nSPS) is 29.2. The van der Waals surface area contributed by atoms with E-state index in [1.165, 1.54) is 18.6 Å². The predicted molar refractivity (Wildman–Crippen MR) is 72.1 cm³/mol. The van der Waals surface area contributed by atoms with Crippen LogP contribution in [0.25, 0.3) is 0 Å². The summed E-state index contributed by atoms with van der Waals surface area (Å²) in [6.45, 7) is 4.48. The molecule has 0 spiro atoms. The van der Waals surface area contributed by atoms with Gasteiger partial charge in [-0.25, -0.2) is 8.78 Å². The van der Waals surface area contributed by atoms with Gasteiger partial charge >= 0.3 is 0 Å². The molecule has 3 N–H and O–H groups in total. The van der Waals surface area contributed by atoms with Gasteiger partial charge in [0.2, 0.25) is 0 Å². The van der Waals surface area contributed by atoms with Gasteiger partial charge in [-0.2, -0.15) is 0 Å². The van der Waals surface area contributed by atoms with Crippen LogP contribution in [0.5, 0.6) is 0 Å². The van der Waals surface area contributed by atoms with Gasteiger partial charge in [0.1, 0.15) is 0 Å². The summed E-state index contributed by atoms with van der Waals surface area (Å²) in [5.41, 5.74) is 3.52. The minimum absolute atomic E-state index is 0.111. The van der Waals surface area contributed by atoms with E-state index in [1.807, 2.05) is 0 Å². The first-order valence-corrected chi connectivity index (χ1v) is 6.92. The Morgan fingerprint density at radius 1 is 1.11 bits per heavy atom. The summed E-state index contributed by atoms with van der Waals surface area (Å²) < 4.78 is 26.4. The van der Waals surface area contributed by atoms with Crippen LogP contribution in [-0.4, -0.2) is 0 Å². The van der Waals surface area contributed by atoms with Crippen LogP contribution in [-0.2, 0) is 0 Å². The van der Waals surface area contributed by atoms with E-state index in [-0.39, 0.29) is 6.04 Å². The van der Waals surface area contributed by atoms with Gasteiger partial charge in [-0.05, 0) is 54.7 Å². The van der Waals surface area contributed by atoms with Crippen molar-refractivity contribution in [1.29, 1.82) is 0 Å². The van der Waals surface area contributed by atoms with E-state index in [0.29, 0.717) is 17.8 Å². The van der Waals surface area contributed by atoms with Crippen molar-refractivity contribution < 1.29 is 8.78 Å². The van der Waals surface area contributed by atoms with Crippen molar-refractivity contribution in [3.8, 4) is 0 Å². The maximum atomic E-state index is 13.4. The molecule has 0 radical (unpaired) electrons. The van der Waals surface area contributed by atoms with E-state index in [4.69, 9.17) is 5.84 Å². The topological polar surface area (TPSA) is 38.0 Å². The first-order chi connectivity index (χ1) is 9.01. The molecule has 0 aliphatic heterocycles. The van der Waals surface area contributed by atoms with E-state index in [1.54, 1.807) is 6.07 Å². The van der Waals surface area contributed by atoms with Crippen molar-refractivity contribution in [3.05, 3.63) is 35.4 Å². The Balaban J connectivity index is 2.21. The first-order valence-electron chi connectivity index (χ1n) is 6.92. The minimum Gasteiger partial charge on any atom is -0.271 e. The summed E-state index contributed by atoms with van der Waals surface area (Å²) >= 11 is 0. The van der Waals surface area contributed by atoms with Crippen LogP contribution >= 0.6 is 0 Å². The number of rotatable bonds is 3. The van der Waals surface area contributed by atoms with Crippen LogP contribution in [0.1, 0.15) is 44.7 Å². The highest BCUT2D eigenvalue weighted by atomic mass is 19.2. The van der Waals surface area contributed by atoms with Crippen LogP contribution in [0.2, 0.25) is 0 Å². The lowest BCUT2D eigenvalue weighted by Gasteiger charge is -2.36.